The molecule has 0 saturated heterocycles. The number of rotatable bonds is 4. The Morgan fingerprint density at radius 1 is 1.23 bits per heavy atom. The second kappa shape index (κ2) is 6.84. The molecule has 1 aliphatic carbocycles. The van der Waals surface area contributed by atoms with Gasteiger partial charge in [0, 0.05) is 29.5 Å². The number of amides is 1. The fourth-order valence-electron chi connectivity index (χ4n) is 3.58. The first kappa shape index (κ1) is 16.7. The van der Waals surface area contributed by atoms with E-state index in [9.17, 15) is 9.90 Å². The van der Waals surface area contributed by atoms with Crippen LogP contribution in [0.5, 0.6) is 0 Å². The van der Waals surface area contributed by atoms with Crippen molar-refractivity contribution in [3.63, 3.8) is 0 Å². The monoisotopic (exact) mass is 347 g/mol. The molecule has 5 nitrogen and oxygen atoms in total. The van der Waals surface area contributed by atoms with Crippen LogP contribution in [-0.4, -0.2) is 27.1 Å². The lowest BCUT2D eigenvalue weighted by Crippen LogP contribution is -2.41. The van der Waals surface area contributed by atoms with E-state index in [-0.39, 0.29) is 24.0 Å². The van der Waals surface area contributed by atoms with Gasteiger partial charge in [-0.05, 0) is 55.0 Å². The van der Waals surface area contributed by atoms with E-state index in [1.807, 2.05) is 37.4 Å². The number of hydrogen-bond donors (Lipinski definition) is 2. The second-order valence-electron chi connectivity index (χ2n) is 6.99. The van der Waals surface area contributed by atoms with E-state index in [1.54, 1.807) is 18.5 Å². The number of aliphatic hydroxyl groups is 1. The zero-order valence-corrected chi connectivity index (χ0v) is 14.6. The summed E-state index contributed by atoms with van der Waals surface area (Å²) in [7, 11) is 0. The van der Waals surface area contributed by atoms with Crippen molar-refractivity contribution in [3.05, 3.63) is 71.7 Å². The highest BCUT2D eigenvalue weighted by molar-refractivity contribution is 5.95. The van der Waals surface area contributed by atoms with Gasteiger partial charge in [-0.25, -0.2) is 0 Å². The van der Waals surface area contributed by atoms with Crippen LogP contribution in [0, 0.1) is 12.8 Å². The third kappa shape index (κ3) is 3.18. The molecule has 0 bridgehead atoms. The molecule has 1 atom stereocenters. The summed E-state index contributed by atoms with van der Waals surface area (Å²) >= 11 is 0. The van der Waals surface area contributed by atoms with Crippen LogP contribution in [0.2, 0.25) is 0 Å². The Morgan fingerprint density at radius 3 is 2.81 bits per heavy atom. The Morgan fingerprint density at radius 2 is 2.04 bits per heavy atom. The number of aryl methyl sites for hydroxylation is 1. The van der Waals surface area contributed by atoms with E-state index >= 15 is 0 Å². The first-order chi connectivity index (χ1) is 12.6. The summed E-state index contributed by atoms with van der Waals surface area (Å²) < 4.78 is 0. The van der Waals surface area contributed by atoms with Crippen molar-refractivity contribution in [3.8, 4) is 0 Å². The molecule has 0 radical (unpaired) electrons. The average Bonchev–Trinajstić information content (AvgIpc) is 2.63. The summed E-state index contributed by atoms with van der Waals surface area (Å²) in [4.78, 5) is 21.4. The fourth-order valence-corrected chi connectivity index (χ4v) is 3.58. The molecule has 1 aromatic carbocycles. The lowest BCUT2D eigenvalue weighted by atomic mass is 9.75. The van der Waals surface area contributed by atoms with Crippen LogP contribution < -0.4 is 5.32 Å². The van der Waals surface area contributed by atoms with Gasteiger partial charge in [-0.1, -0.05) is 18.2 Å². The summed E-state index contributed by atoms with van der Waals surface area (Å²) in [6.07, 6.45) is 6.24. The number of aliphatic hydroxyl groups excluding tert-OH is 1. The first-order valence-electron chi connectivity index (χ1n) is 8.86. The molecule has 2 heterocycles. The topological polar surface area (TPSA) is 75.1 Å². The maximum atomic E-state index is 12.8. The van der Waals surface area contributed by atoms with Crippen LogP contribution in [0.3, 0.4) is 0 Å². The zero-order chi connectivity index (χ0) is 18.1. The van der Waals surface area contributed by atoms with Crippen molar-refractivity contribution in [1.82, 2.24) is 15.3 Å². The van der Waals surface area contributed by atoms with Gasteiger partial charge in [0.1, 0.15) is 0 Å². The highest BCUT2D eigenvalue weighted by Crippen LogP contribution is 2.38. The van der Waals surface area contributed by atoms with Gasteiger partial charge < -0.3 is 10.4 Å². The van der Waals surface area contributed by atoms with Gasteiger partial charge in [0.05, 0.1) is 17.7 Å². The molecule has 0 spiro atoms. The number of carbonyl (C=O) groups excluding carboxylic acids is 1. The normalized spacial score (nSPS) is 20.4. The maximum absolute atomic E-state index is 12.8. The number of nitrogens with one attached hydrogen (secondary N) is 1. The Bertz CT molecular complexity index is 951. The molecule has 0 aliphatic heterocycles. The Balaban J connectivity index is 1.65. The van der Waals surface area contributed by atoms with Gasteiger partial charge >= 0.3 is 0 Å². The lowest BCUT2D eigenvalue weighted by Gasteiger charge is -2.38. The van der Waals surface area contributed by atoms with Gasteiger partial charge in [-0.15, -0.1) is 0 Å². The minimum Gasteiger partial charge on any atom is -0.393 e. The van der Waals surface area contributed by atoms with Crippen molar-refractivity contribution < 1.29 is 9.90 Å². The molecule has 1 saturated carbocycles. The number of pyridine rings is 2. The molecule has 5 heteroatoms. The van der Waals surface area contributed by atoms with Crippen molar-refractivity contribution in [2.75, 3.05) is 0 Å². The lowest BCUT2D eigenvalue weighted by molar-refractivity contribution is 0.0235. The predicted octanol–water partition coefficient (Wildman–Crippen LogP) is 3.18. The van der Waals surface area contributed by atoms with Crippen molar-refractivity contribution >= 4 is 16.8 Å². The number of para-hydroxylation sites is 1. The summed E-state index contributed by atoms with van der Waals surface area (Å²) in [6.45, 7) is 1.88. The van der Waals surface area contributed by atoms with Crippen LogP contribution in [0.4, 0.5) is 0 Å². The van der Waals surface area contributed by atoms with Crippen LogP contribution in [0.1, 0.15) is 40.4 Å². The molecule has 26 heavy (non-hydrogen) atoms. The van der Waals surface area contributed by atoms with E-state index in [0.717, 1.165) is 22.0 Å². The Kier molecular flexibility index (Phi) is 4.39. The van der Waals surface area contributed by atoms with Gasteiger partial charge in [-0.2, -0.15) is 0 Å². The first-order valence-corrected chi connectivity index (χ1v) is 8.86. The van der Waals surface area contributed by atoms with E-state index in [2.05, 4.69) is 21.4 Å². The minimum atomic E-state index is -0.282. The third-order valence-corrected chi connectivity index (χ3v) is 5.14. The Labute approximate surface area is 152 Å². The number of carbonyl (C=O) groups is 1. The highest BCUT2D eigenvalue weighted by atomic mass is 16.3. The van der Waals surface area contributed by atoms with E-state index in [0.29, 0.717) is 18.4 Å². The van der Waals surface area contributed by atoms with E-state index in [1.165, 1.54) is 0 Å². The van der Waals surface area contributed by atoms with Crippen LogP contribution in [0.15, 0.2) is 55.0 Å². The SMILES string of the molecule is Cc1cnccc1C(=O)NC(c1cnc2ccccc2c1)C1CC(O)C1. The van der Waals surface area contributed by atoms with Gasteiger partial charge in [0.2, 0.25) is 0 Å². The average molecular weight is 347 g/mol. The number of aromatic nitrogens is 2. The van der Waals surface area contributed by atoms with Crippen molar-refractivity contribution in [2.24, 2.45) is 5.92 Å². The molecule has 4 rings (SSSR count). The van der Waals surface area contributed by atoms with Gasteiger partial charge in [-0.3, -0.25) is 14.8 Å². The third-order valence-electron chi connectivity index (χ3n) is 5.14. The molecule has 3 aromatic rings. The summed E-state index contributed by atoms with van der Waals surface area (Å²) in [5, 5.41) is 13.9. The van der Waals surface area contributed by atoms with Crippen LogP contribution >= 0.6 is 0 Å². The number of benzene rings is 1. The number of hydrogen-bond acceptors (Lipinski definition) is 4. The van der Waals surface area contributed by atoms with Gasteiger partial charge in [0.25, 0.3) is 5.91 Å². The predicted molar refractivity (Wildman–Crippen MR) is 99.7 cm³/mol. The Hall–Kier alpha value is -2.79. The summed E-state index contributed by atoms with van der Waals surface area (Å²) in [6, 6.07) is 11.6. The largest absolute Gasteiger partial charge is 0.393 e. The second-order valence-corrected chi connectivity index (χ2v) is 6.99. The number of fused-ring (bicyclic) bond motifs is 1. The van der Waals surface area contributed by atoms with E-state index in [4.69, 9.17) is 0 Å². The highest BCUT2D eigenvalue weighted by Gasteiger charge is 2.36. The molecule has 132 valence electrons. The maximum Gasteiger partial charge on any atom is 0.252 e. The molecule has 2 N–H and O–H groups in total. The molecule has 2 aromatic heterocycles. The van der Waals surface area contributed by atoms with Crippen molar-refractivity contribution in [2.45, 2.75) is 31.9 Å². The molecular formula is C21H21N3O2. The van der Waals surface area contributed by atoms with Crippen LogP contribution in [0.25, 0.3) is 10.9 Å². The minimum absolute atomic E-state index is 0.121. The zero-order valence-electron chi connectivity index (χ0n) is 14.6. The van der Waals surface area contributed by atoms with Crippen molar-refractivity contribution in [1.29, 1.82) is 0 Å². The van der Waals surface area contributed by atoms with E-state index < -0.39 is 0 Å². The smallest absolute Gasteiger partial charge is 0.252 e. The number of nitrogens with zero attached hydrogens (tertiary/aromatic N) is 2. The molecular weight excluding hydrogens is 326 g/mol. The van der Waals surface area contributed by atoms with Gasteiger partial charge in [0.15, 0.2) is 0 Å². The summed E-state index contributed by atoms with van der Waals surface area (Å²) in [5.74, 6) is 0.0866. The quantitative estimate of drug-likeness (QED) is 0.760. The molecule has 1 aliphatic rings. The summed E-state index contributed by atoms with van der Waals surface area (Å²) in [5.41, 5.74) is 3.37. The van der Waals surface area contributed by atoms with Crippen LogP contribution in [-0.2, 0) is 0 Å². The fraction of sp³-hybridized carbons (Fsp3) is 0.286. The molecule has 1 unspecified atom stereocenters. The molecule has 1 fully saturated rings. The standard InChI is InChI=1S/C21H21N3O2/c1-13-11-22-7-6-18(13)21(26)24-20(15-9-17(25)10-15)16-8-14-4-2-3-5-19(14)23-12-16/h2-8,11-12,15,17,20,25H,9-10H2,1H3,(H,24,26). The molecule has 1 amide bonds.